The minimum atomic E-state index is -0.763. The van der Waals surface area contributed by atoms with Crippen molar-refractivity contribution >= 4 is 57.8 Å². The Morgan fingerprint density at radius 1 is 0.813 bits per heavy atom. The first-order chi connectivity index (χ1) is 36.4. The van der Waals surface area contributed by atoms with E-state index in [0.29, 0.717) is 113 Å². The Morgan fingerprint density at radius 3 is 2.32 bits per heavy atom. The summed E-state index contributed by atoms with van der Waals surface area (Å²) in [4.78, 5) is 90.4. The quantitative estimate of drug-likeness (QED) is 0.122. The van der Waals surface area contributed by atoms with Gasteiger partial charge in [-0.25, -0.2) is 19.3 Å². The number of likely N-dealkylation sites (tertiary alicyclic amines) is 3. The van der Waals surface area contributed by atoms with Crippen LogP contribution in [0.25, 0.3) is 22.3 Å². The maximum atomic E-state index is 15.3. The number of fused-ring (bicyclic) bond motifs is 3. The fourth-order valence-corrected chi connectivity index (χ4v) is 13.4. The Hall–Kier alpha value is -6.75. The zero-order valence-corrected chi connectivity index (χ0v) is 43.0. The number of hydrogen-bond donors (Lipinski definition) is 2. The largest absolute Gasteiger partial charge is 0.474 e. The highest BCUT2D eigenvalue weighted by Gasteiger charge is 2.56. The minimum absolute atomic E-state index is 0.0656. The monoisotopic (exact) mass is 1020 g/mol. The van der Waals surface area contributed by atoms with Crippen molar-refractivity contribution in [3.8, 4) is 17.1 Å². The lowest BCUT2D eigenvalue weighted by atomic mass is 9.73. The summed E-state index contributed by atoms with van der Waals surface area (Å²) in [6.45, 7) is 8.27. The van der Waals surface area contributed by atoms with Gasteiger partial charge in [-0.2, -0.15) is 0 Å². The van der Waals surface area contributed by atoms with Crippen molar-refractivity contribution in [3.63, 3.8) is 0 Å². The summed E-state index contributed by atoms with van der Waals surface area (Å²) in [5.41, 5.74) is 5.26. The smallest absolute Gasteiger partial charge is 0.238 e. The number of pyridine rings is 2. The van der Waals surface area contributed by atoms with Gasteiger partial charge in [0.1, 0.15) is 17.4 Å². The number of nitrogens with zero attached hydrogens (tertiary/aromatic N) is 8. The number of ether oxygens (including phenoxy) is 1. The number of benzene rings is 2. The van der Waals surface area contributed by atoms with Crippen molar-refractivity contribution in [2.24, 2.45) is 11.8 Å². The summed E-state index contributed by atoms with van der Waals surface area (Å²) in [5, 5.41) is 5.68. The molecule has 16 nitrogen and oxygen atoms in total. The zero-order chi connectivity index (χ0) is 51.5. The van der Waals surface area contributed by atoms with Crippen LogP contribution in [0.1, 0.15) is 127 Å². The maximum Gasteiger partial charge on any atom is 0.238 e. The number of piperidine rings is 3. The van der Waals surface area contributed by atoms with E-state index in [-0.39, 0.29) is 65.4 Å². The molecule has 75 heavy (non-hydrogen) atoms. The van der Waals surface area contributed by atoms with E-state index in [4.69, 9.17) is 14.7 Å². The van der Waals surface area contributed by atoms with E-state index in [1.807, 2.05) is 26.5 Å². The minimum Gasteiger partial charge on any atom is -0.474 e. The van der Waals surface area contributed by atoms with E-state index in [2.05, 4.69) is 57.5 Å². The normalized spacial score (nSPS) is 25.9. The molecule has 1 spiro atoms. The van der Waals surface area contributed by atoms with Gasteiger partial charge < -0.3 is 34.2 Å². The molecule has 5 amide bonds. The molecule has 8 heterocycles. The maximum absolute atomic E-state index is 15.3. The van der Waals surface area contributed by atoms with Crippen LogP contribution in [0.3, 0.4) is 0 Å². The van der Waals surface area contributed by atoms with E-state index in [1.165, 1.54) is 25.3 Å². The summed E-state index contributed by atoms with van der Waals surface area (Å²) in [5.74, 6) is -0.462. The molecule has 7 aliphatic rings. The lowest BCUT2D eigenvalue weighted by Crippen LogP contribution is -2.58. The predicted molar refractivity (Wildman–Crippen MR) is 281 cm³/mol. The number of anilines is 3. The summed E-state index contributed by atoms with van der Waals surface area (Å²) in [6.07, 6.45) is 14.2. The molecule has 392 valence electrons. The van der Waals surface area contributed by atoms with Gasteiger partial charge in [0, 0.05) is 80.2 Å². The van der Waals surface area contributed by atoms with Crippen LogP contribution in [0, 0.1) is 17.7 Å². The summed E-state index contributed by atoms with van der Waals surface area (Å²) in [6, 6.07) is 19.1. The zero-order valence-electron chi connectivity index (χ0n) is 43.0. The third-order valence-corrected chi connectivity index (χ3v) is 17.8. The first-order valence-electron chi connectivity index (χ1n) is 27.6. The Labute approximate surface area is 436 Å². The molecule has 5 aliphatic heterocycles. The number of para-hydroxylation sites is 1. The van der Waals surface area contributed by atoms with Gasteiger partial charge in [0.2, 0.25) is 35.4 Å². The van der Waals surface area contributed by atoms with Gasteiger partial charge in [0.15, 0.2) is 5.82 Å². The molecule has 2 aliphatic carbocycles. The molecule has 1 unspecified atom stereocenters. The number of aromatic nitrogens is 4. The molecule has 4 saturated heterocycles. The highest BCUT2D eigenvalue weighted by Crippen LogP contribution is 2.52. The molecule has 2 saturated carbocycles. The van der Waals surface area contributed by atoms with E-state index >= 15 is 9.18 Å². The van der Waals surface area contributed by atoms with Gasteiger partial charge in [-0.3, -0.25) is 29.3 Å². The molecule has 3 aromatic heterocycles. The lowest BCUT2D eigenvalue weighted by molar-refractivity contribution is -0.140. The first kappa shape index (κ1) is 49.1. The van der Waals surface area contributed by atoms with Crippen LogP contribution in [-0.4, -0.2) is 121 Å². The van der Waals surface area contributed by atoms with Crippen LogP contribution < -0.4 is 20.3 Å². The summed E-state index contributed by atoms with van der Waals surface area (Å²) < 4.78 is 23.4. The number of imide groups is 1. The number of hydrogen-bond acceptors (Lipinski definition) is 11. The van der Waals surface area contributed by atoms with E-state index in [0.717, 1.165) is 59.3 Å². The predicted octanol–water partition coefficient (Wildman–Crippen LogP) is 8.19. The van der Waals surface area contributed by atoms with Crippen LogP contribution in [0.15, 0.2) is 73.2 Å². The molecule has 2 N–H and O–H groups in total. The number of rotatable bonds is 11. The van der Waals surface area contributed by atoms with Crippen molar-refractivity contribution in [1.82, 2.24) is 39.5 Å². The number of carbonyl (C=O) groups excluding carboxylic acids is 5. The van der Waals surface area contributed by atoms with Crippen LogP contribution in [0.5, 0.6) is 5.88 Å². The number of nitrogens with one attached hydrogen (secondary N) is 2. The molecular weight excluding hydrogens is 952 g/mol. The fraction of sp³-hybridized carbons (Fsp3) is 0.517. The standard InChI is InChI=1S/C58H67FN10O6/c1-35(2)68-34-61-48-31-47(63-53(52(48)68)62-46-9-5-4-8-45(46)59)37-12-17-44-49(28-37)69(41-29-40(30-41)65-23-6-3-7-24-65)57(74)58(44)21-26-66(27-22-58)56(73)39-20-25-67(33-39)55(72)36-10-14-42(15-11-36)75-51-19-13-38(32-60-51)43-16-18-50(70)64-54(43)71/h4-5,8-9,12-13,17,19,28,31-32,34-36,39-43H,3,6-7,10-11,14-16,18,20-27,29-30,33H2,1-2H3,(H,62,63)(H,64,70,71)/t36?,39-,40?,41?,42?,43?/m1/s1. The molecule has 5 aromatic rings. The number of imidazole rings is 1. The molecule has 0 bridgehead atoms. The number of halogens is 1. The Balaban J connectivity index is 0.715. The molecule has 17 heteroatoms. The van der Waals surface area contributed by atoms with Crippen LogP contribution >= 0.6 is 0 Å². The molecule has 2 atom stereocenters. The fourth-order valence-electron chi connectivity index (χ4n) is 13.4. The second-order valence-corrected chi connectivity index (χ2v) is 22.6. The molecule has 6 fully saturated rings. The van der Waals surface area contributed by atoms with Crippen LogP contribution in [0.2, 0.25) is 0 Å². The van der Waals surface area contributed by atoms with Crippen LogP contribution in [-0.2, 0) is 29.4 Å². The van der Waals surface area contributed by atoms with Crippen LogP contribution in [0.4, 0.5) is 21.6 Å². The molecule has 0 radical (unpaired) electrons. The van der Waals surface area contributed by atoms with Crippen molar-refractivity contribution in [3.05, 3.63) is 90.1 Å². The van der Waals surface area contributed by atoms with Crippen molar-refractivity contribution < 1.29 is 33.1 Å². The lowest BCUT2D eigenvalue weighted by Gasteiger charge is -2.48. The molecule has 12 rings (SSSR count). The summed E-state index contributed by atoms with van der Waals surface area (Å²) in [7, 11) is 0. The first-order valence-corrected chi connectivity index (χ1v) is 27.6. The third-order valence-electron chi connectivity index (χ3n) is 17.8. The highest BCUT2D eigenvalue weighted by molar-refractivity contribution is 6.09. The molecular formula is C58H67FN10O6. The second kappa shape index (κ2) is 20.1. The van der Waals surface area contributed by atoms with Gasteiger partial charge in [-0.1, -0.05) is 36.8 Å². The third kappa shape index (κ3) is 9.22. The van der Waals surface area contributed by atoms with Gasteiger partial charge in [-0.15, -0.1) is 0 Å². The van der Waals surface area contributed by atoms with Crippen molar-refractivity contribution in [2.45, 2.75) is 139 Å². The number of carbonyl (C=O) groups is 5. The number of amides is 5. The van der Waals surface area contributed by atoms with E-state index < -0.39 is 11.3 Å². The van der Waals surface area contributed by atoms with E-state index in [1.54, 1.807) is 36.8 Å². The van der Waals surface area contributed by atoms with Crippen molar-refractivity contribution in [1.29, 1.82) is 0 Å². The van der Waals surface area contributed by atoms with Gasteiger partial charge >= 0.3 is 0 Å². The average Bonchev–Trinajstić information content (AvgIpc) is 4.16. The SMILES string of the molecule is CC(C)n1cnc2cc(-c3ccc4c(c3)N(C3CC(N5CCCCC5)C3)C(=O)C43CCN(C(=O)[C@@H]4CCN(C(=O)C5CCC(Oc6ccc(C7CCC(=O)NC7=O)cn6)CC5)C4)CC3)nc(Nc3ccccc3F)c21. The topological polar surface area (TPSA) is 175 Å². The van der Waals surface area contributed by atoms with Gasteiger partial charge in [0.05, 0.1) is 40.5 Å². The average molecular weight is 1020 g/mol. The second-order valence-electron chi connectivity index (χ2n) is 22.6. The molecule has 2 aromatic carbocycles. The Kier molecular flexibility index (Phi) is 13.2. The van der Waals surface area contributed by atoms with Gasteiger partial charge in [-0.05, 0) is 139 Å². The van der Waals surface area contributed by atoms with Crippen molar-refractivity contribution in [2.75, 3.05) is 49.5 Å². The highest BCUT2D eigenvalue weighted by atomic mass is 19.1. The Bertz CT molecular complexity index is 3020. The Morgan fingerprint density at radius 2 is 1.59 bits per heavy atom. The van der Waals surface area contributed by atoms with E-state index in [9.17, 15) is 19.2 Å². The van der Waals surface area contributed by atoms with Gasteiger partial charge in [0.25, 0.3) is 0 Å². The summed E-state index contributed by atoms with van der Waals surface area (Å²) >= 11 is 0.